The average molecular weight is 246 g/mol. The van der Waals surface area contributed by atoms with Crippen molar-refractivity contribution >= 4 is 23.2 Å². The van der Waals surface area contributed by atoms with Crippen LogP contribution in [0, 0.1) is 5.92 Å². The molecule has 0 heterocycles. The molecule has 0 rings (SSSR count). The highest BCUT2D eigenvalue weighted by molar-refractivity contribution is 7.80. The van der Waals surface area contributed by atoms with Crippen LogP contribution >= 0.6 is 12.2 Å². The predicted molar refractivity (Wildman–Crippen MR) is 69.3 cm³/mol. The molecule has 0 aliphatic heterocycles. The largest absolute Gasteiger partial charge is 0.465 e. The van der Waals surface area contributed by atoms with Crippen molar-refractivity contribution in [3.8, 4) is 0 Å². The maximum atomic E-state index is 11.4. The van der Waals surface area contributed by atoms with Crippen LogP contribution in [0.1, 0.15) is 27.2 Å². The molecule has 0 aromatic rings. The number of hydrogen-bond donors (Lipinski definition) is 1. The van der Waals surface area contributed by atoms with Gasteiger partial charge in [-0.15, -0.1) is 0 Å². The fourth-order valence-corrected chi connectivity index (χ4v) is 1.50. The summed E-state index contributed by atoms with van der Waals surface area (Å²) in [5.74, 6) is 0.312. The third-order valence-electron chi connectivity index (χ3n) is 1.96. The Balaban J connectivity index is 4.08. The van der Waals surface area contributed by atoms with Crippen molar-refractivity contribution < 1.29 is 9.53 Å². The molecule has 0 aromatic heterocycles. The minimum Gasteiger partial charge on any atom is -0.465 e. The van der Waals surface area contributed by atoms with Gasteiger partial charge in [0.15, 0.2) is 0 Å². The van der Waals surface area contributed by atoms with Gasteiger partial charge >= 0.3 is 5.97 Å². The molecule has 5 heteroatoms. The molecule has 0 unspecified atom stereocenters. The Labute approximate surface area is 103 Å². The third-order valence-corrected chi connectivity index (χ3v) is 2.16. The van der Waals surface area contributed by atoms with E-state index in [2.05, 4.69) is 13.8 Å². The highest BCUT2D eigenvalue weighted by atomic mass is 32.1. The van der Waals surface area contributed by atoms with E-state index in [4.69, 9.17) is 22.7 Å². The molecule has 0 aromatic carbocycles. The van der Waals surface area contributed by atoms with Gasteiger partial charge in [-0.05, 0) is 12.8 Å². The first kappa shape index (κ1) is 15.3. The molecular weight excluding hydrogens is 224 g/mol. The van der Waals surface area contributed by atoms with E-state index in [0.29, 0.717) is 37.0 Å². The van der Waals surface area contributed by atoms with Gasteiger partial charge < -0.3 is 10.5 Å². The van der Waals surface area contributed by atoms with Crippen molar-refractivity contribution in [2.75, 3.05) is 26.2 Å². The van der Waals surface area contributed by atoms with Crippen molar-refractivity contribution in [1.82, 2.24) is 4.90 Å². The molecule has 0 aliphatic rings. The first-order valence-electron chi connectivity index (χ1n) is 5.62. The number of hydrogen-bond acceptors (Lipinski definition) is 4. The van der Waals surface area contributed by atoms with Crippen molar-refractivity contribution in [2.45, 2.75) is 27.2 Å². The van der Waals surface area contributed by atoms with Gasteiger partial charge in [0.1, 0.15) is 0 Å². The number of carbonyl (C=O) groups is 1. The number of rotatable bonds is 8. The zero-order valence-corrected chi connectivity index (χ0v) is 11.2. The zero-order valence-electron chi connectivity index (χ0n) is 10.4. The molecule has 0 saturated heterocycles. The lowest BCUT2D eigenvalue weighted by molar-refractivity contribution is -0.144. The van der Waals surface area contributed by atoms with E-state index in [1.54, 1.807) is 6.92 Å². The Morgan fingerprint density at radius 2 is 2.12 bits per heavy atom. The van der Waals surface area contributed by atoms with Crippen molar-refractivity contribution in [3.63, 3.8) is 0 Å². The number of esters is 1. The van der Waals surface area contributed by atoms with Gasteiger partial charge in [0, 0.05) is 19.5 Å². The molecule has 2 N–H and O–H groups in total. The van der Waals surface area contributed by atoms with E-state index in [-0.39, 0.29) is 5.97 Å². The molecule has 0 aliphatic carbocycles. The summed E-state index contributed by atoms with van der Waals surface area (Å²) in [4.78, 5) is 13.9. The maximum absolute atomic E-state index is 11.4. The third kappa shape index (κ3) is 8.61. The van der Waals surface area contributed by atoms with Gasteiger partial charge in [-0.25, -0.2) is 0 Å². The summed E-state index contributed by atoms with van der Waals surface area (Å²) in [5, 5.41) is 0. The fourth-order valence-electron chi connectivity index (χ4n) is 1.41. The second-order valence-electron chi connectivity index (χ2n) is 4.15. The molecule has 0 atom stereocenters. The number of nitrogens with zero attached hydrogens (tertiary/aromatic N) is 1. The molecule has 0 saturated carbocycles. The van der Waals surface area contributed by atoms with Crippen LogP contribution in [-0.2, 0) is 9.53 Å². The van der Waals surface area contributed by atoms with Crippen molar-refractivity contribution in [2.24, 2.45) is 11.7 Å². The highest BCUT2D eigenvalue weighted by Crippen LogP contribution is 2.00. The second kappa shape index (κ2) is 8.47. The summed E-state index contributed by atoms with van der Waals surface area (Å²) in [7, 11) is 0. The van der Waals surface area contributed by atoms with Crippen molar-refractivity contribution in [1.29, 1.82) is 0 Å². The predicted octanol–water partition coefficient (Wildman–Crippen LogP) is 1.18. The van der Waals surface area contributed by atoms with Crippen LogP contribution in [-0.4, -0.2) is 42.1 Å². The Hall–Kier alpha value is -0.680. The smallest absolute Gasteiger partial charge is 0.320 e. The van der Waals surface area contributed by atoms with Crippen LogP contribution in [0.3, 0.4) is 0 Å². The van der Waals surface area contributed by atoms with Gasteiger partial charge in [0.05, 0.1) is 18.1 Å². The lowest BCUT2D eigenvalue weighted by Crippen LogP contribution is -2.36. The Bertz CT molecular complexity index is 232. The zero-order chi connectivity index (χ0) is 12.6. The van der Waals surface area contributed by atoms with E-state index in [1.165, 1.54) is 0 Å². The molecule has 0 radical (unpaired) electrons. The highest BCUT2D eigenvalue weighted by Gasteiger charge is 2.12. The van der Waals surface area contributed by atoms with Crippen LogP contribution in [0.2, 0.25) is 0 Å². The summed E-state index contributed by atoms with van der Waals surface area (Å²) < 4.78 is 4.92. The van der Waals surface area contributed by atoms with E-state index in [9.17, 15) is 4.79 Å². The molecule has 16 heavy (non-hydrogen) atoms. The topological polar surface area (TPSA) is 55.6 Å². The molecule has 0 bridgehead atoms. The van der Waals surface area contributed by atoms with E-state index >= 15 is 0 Å². The first-order chi connectivity index (χ1) is 7.45. The monoisotopic (exact) mass is 246 g/mol. The normalized spacial score (nSPS) is 10.8. The SMILES string of the molecule is CCOC(=O)CN(CCC(N)=S)CC(C)C. The Morgan fingerprint density at radius 3 is 2.56 bits per heavy atom. The van der Waals surface area contributed by atoms with E-state index in [0.717, 1.165) is 6.54 Å². The summed E-state index contributed by atoms with van der Waals surface area (Å²) in [6.07, 6.45) is 0.640. The molecule has 0 fully saturated rings. The van der Waals surface area contributed by atoms with Gasteiger partial charge in [-0.2, -0.15) is 0 Å². The minimum absolute atomic E-state index is 0.189. The van der Waals surface area contributed by atoms with Gasteiger partial charge in [-0.3, -0.25) is 9.69 Å². The minimum atomic E-state index is -0.189. The summed E-state index contributed by atoms with van der Waals surface area (Å²) in [5.41, 5.74) is 5.45. The molecule has 0 amide bonds. The number of nitrogens with two attached hydrogens (primary N) is 1. The standard InChI is InChI=1S/C11H22N2O2S/c1-4-15-11(14)8-13(7-9(2)3)6-5-10(12)16/h9H,4-8H2,1-3H3,(H2,12,16). The second-order valence-corrected chi connectivity index (χ2v) is 4.67. The van der Waals surface area contributed by atoms with Gasteiger partial charge in [-0.1, -0.05) is 26.1 Å². The number of carbonyl (C=O) groups excluding carboxylic acids is 1. The van der Waals surface area contributed by atoms with Crippen LogP contribution in [0.4, 0.5) is 0 Å². The summed E-state index contributed by atoms with van der Waals surface area (Å²) >= 11 is 4.83. The lowest BCUT2D eigenvalue weighted by Gasteiger charge is -2.22. The van der Waals surface area contributed by atoms with Crippen molar-refractivity contribution in [3.05, 3.63) is 0 Å². The lowest BCUT2D eigenvalue weighted by atomic mass is 10.2. The summed E-state index contributed by atoms with van der Waals surface area (Å²) in [6.45, 7) is 8.32. The Kier molecular flexibility index (Phi) is 8.11. The Morgan fingerprint density at radius 1 is 1.50 bits per heavy atom. The van der Waals surface area contributed by atoms with E-state index in [1.807, 2.05) is 4.90 Å². The van der Waals surface area contributed by atoms with E-state index < -0.39 is 0 Å². The van der Waals surface area contributed by atoms with Gasteiger partial charge in [0.2, 0.25) is 0 Å². The quantitative estimate of drug-likeness (QED) is 0.515. The first-order valence-corrected chi connectivity index (χ1v) is 6.02. The van der Waals surface area contributed by atoms with Crippen LogP contribution in [0.25, 0.3) is 0 Å². The molecule has 4 nitrogen and oxygen atoms in total. The van der Waals surface area contributed by atoms with Gasteiger partial charge in [0.25, 0.3) is 0 Å². The van der Waals surface area contributed by atoms with Crippen LogP contribution in [0.15, 0.2) is 0 Å². The fraction of sp³-hybridized carbons (Fsp3) is 0.818. The molecular formula is C11H22N2O2S. The number of thiocarbonyl (C=S) groups is 1. The van der Waals surface area contributed by atoms with Crippen LogP contribution < -0.4 is 5.73 Å². The molecule has 0 spiro atoms. The maximum Gasteiger partial charge on any atom is 0.320 e. The average Bonchev–Trinajstić information content (AvgIpc) is 2.13. The molecule has 94 valence electrons. The summed E-state index contributed by atoms with van der Waals surface area (Å²) in [6, 6.07) is 0. The van der Waals surface area contributed by atoms with Crippen LogP contribution in [0.5, 0.6) is 0 Å². The number of ether oxygens (including phenoxy) is 1.